The molecule has 4 atom stereocenters. The number of hydrogen-bond donors (Lipinski definition) is 6. The van der Waals surface area contributed by atoms with E-state index in [2.05, 4.69) is 24.5 Å². The number of rotatable bonds is 15. The summed E-state index contributed by atoms with van der Waals surface area (Å²) in [4.78, 5) is 56.6. The third-order valence-corrected chi connectivity index (χ3v) is 6.91. The normalized spacial score (nSPS) is 12.9. The molecule has 7 N–H and O–H groups in total. The van der Waals surface area contributed by atoms with E-state index in [9.17, 15) is 37.1 Å². The van der Waals surface area contributed by atoms with Gasteiger partial charge in [0.15, 0.2) is 6.10 Å². The number of amides is 5. The Kier molecular flexibility index (Phi) is 19.9. The Hall–Kier alpha value is -5.24. The van der Waals surface area contributed by atoms with Crippen LogP contribution in [-0.4, -0.2) is 72.1 Å². The zero-order chi connectivity index (χ0) is 38.4. The lowest BCUT2D eigenvalue weighted by atomic mass is 10.0. The summed E-state index contributed by atoms with van der Waals surface area (Å²) in [6.45, 7) is 7.41. The number of primary amides is 1. The van der Waals surface area contributed by atoms with E-state index in [0.29, 0.717) is 5.56 Å². The highest BCUT2D eigenvalue weighted by molar-refractivity contribution is 5.96. The van der Waals surface area contributed by atoms with E-state index < -0.39 is 49.0 Å². The number of nitrogens with one attached hydrogen (secondary N) is 4. The standard InChI is InChI=1S/C24H24N2O2.C10H16F3N3O4.C3H8/c1-18(16-19-8-4-2-5-9-19)26-23(27)17-25-24(28)22-14-12-21(13-15-22)20-10-6-3-7-11-20;1-5(15-4-17)9(20)16-6(2-3-7(14)18)8(19)10(11,12)13;1-3-2/h2-15,18H,16-17H2,1H3,(H,25,28)(H,26,27);4-6,8,19H,2-3H2,1H3,(H2,14,18)(H,15,17)(H,16,20);3H2,1-2H3/t;5-,6+,8?;/m.1./s1. The monoisotopic (exact) mass is 715 g/mol. The van der Waals surface area contributed by atoms with Crippen molar-refractivity contribution >= 4 is 30.0 Å². The fraction of sp³-hybridized carbons (Fsp3) is 0.378. The molecule has 0 radical (unpaired) electrons. The number of nitrogens with two attached hydrogens (primary N) is 1. The highest BCUT2D eigenvalue weighted by atomic mass is 19.4. The zero-order valence-corrected chi connectivity index (χ0v) is 29.2. The second-order valence-electron chi connectivity index (χ2n) is 11.6. The molecule has 0 saturated heterocycles. The third kappa shape index (κ3) is 17.8. The minimum absolute atomic E-state index is 0.00282. The first-order valence-corrected chi connectivity index (χ1v) is 16.4. The summed E-state index contributed by atoms with van der Waals surface area (Å²) in [5.74, 6) is -2.24. The molecule has 0 spiro atoms. The number of carbonyl (C=O) groups excluding carboxylic acids is 5. The van der Waals surface area contributed by atoms with Crippen LogP contribution in [0.1, 0.15) is 62.9 Å². The van der Waals surface area contributed by atoms with Gasteiger partial charge in [-0.2, -0.15) is 13.2 Å². The van der Waals surface area contributed by atoms with Gasteiger partial charge in [0, 0.05) is 18.0 Å². The van der Waals surface area contributed by atoms with Crippen LogP contribution in [0.2, 0.25) is 0 Å². The Labute approximate surface area is 296 Å². The lowest BCUT2D eigenvalue weighted by Crippen LogP contribution is -2.54. The number of carbonyl (C=O) groups is 5. The molecule has 0 bridgehead atoms. The maximum atomic E-state index is 12.4. The molecular weight excluding hydrogens is 667 g/mol. The van der Waals surface area contributed by atoms with Crippen molar-refractivity contribution in [2.24, 2.45) is 5.73 Å². The summed E-state index contributed by atoms with van der Waals surface area (Å²) >= 11 is 0. The summed E-state index contributed by atoms with van der Waals surface area (Å²) in [5, 5.41) is 18.7. The molecule has 5 amide bonds. The molecular formula is C37H48F3N5O6. The molecule has 0 aliphatic carbocycles. The molecule has 3 aromatic rings. The molecule has 0 aromatic heterocycles. The van der Waals surface area contributed by atoms with Gasteiger partial charge in [-0.25, -0.2) is 0 Å². The molecule has 11 nitrogen and oxygen atoms in total. The Morgan fingerprint density at radius 3 is 1.88 bits per heavy atom. The highest BCUT2D eigenvalue weighted by Gasteiger charge is 2.44. The van der Waals surface area contributed by atoms with Crippen LogP contribution in [-0.2, 0) is 25.6 Å². The summed E-state index contributed by atoms with van der Waals surface area (Å²) in [7, 11) is 0. The number of aliphatic hydroxyl groups excluding tert-OH is 1. The number of hydrogen-bond acceptors (Lipinski definition) is 6. The molecule has 278 valence electrons. The van der Waals surface area contributed by atoms with Gasteiger partial charge in [-0.3, -0.25) is 24.0 Å². The van der Waals surface area contributed by atoms with Gasteiger partial charge < -0.3 is 32.1 Å². The minimum atomic E-state index is -4.96. The van der Waals surface area contributed by atoms with E-state index in [1.807, 2.05) is 90.4 Å². The van der Waals surface area contributed by atoms with Gasteiger partial charge in [0.1, 0.15) is 6.04 Å². The number of halogens is 3. The number of aliphatic hydroxyl groups is 1. The molecule has 0 aliphatic heterocycles. The van der Waals surface area contributed by atoms with E-state index in [0.717, 1.165) is 23.1 Å². The van der Waals surface area contributed by atoms with E-state index in [-0.39, 0.29) is 30.8 Å². The zero-order valence-electron chi connectivity index (χ0n) is 29.2. The fourth-order valence-electron chi connectivity index (χ4n) is 4.37. The van der Waals surface area contributed by atoms with Crippen molar-refractivity contribution in [3.63, 3.8) is 0 Å². The lowest BCUT2D eigenvalue weighted by Gasteiger charge is -2.26. The van der Waals surface area contributed by atoms with Gasteiger partial charge in [0.2, 0.25) is 24.1 Å². The van der Waals surface area contributed by atoms with Gasteiger partial charge >= 0.3 is 6.18 Å². The van der Waals surface area contributed by atoms with Crippen molar-refractivity contribution in [1.82, 2.24) is 21.3 Å². The topological polar surface area (TPSA) is 180 Å². The van der Waals surface area contributed by atoms with Gasteiger partial charge in [-0.1, -0.05) is 93.1 Å². The summed E-state index contributed by atoms with van der Waals surface area (Å²) in [6, 6.07) is 24.5. The van der Waals surface area contributed by atoms with Crippen molar-refractivity contribution in [2.75, 3.05) is 6.54 Å². The number of benzene rings is 3. The Morgan fingerprint density at radius 2 is 1.37 bits per heavy atom. The second kappa shape index (κ2) is 23.2. The van der Waals surface area contributed by atoms with E-state index in [1.165, 1.54) is 13.3 Å². The second-order valence-corrected chi connectivity index (χ2v) is 11.6. The van der Waals surface area contributed by atoms with Gasteiger partial charge in [0.25, 0.3) is 5.91 Å². The van der Waals surface area contributed by atoms with Crippen LogP contribution >= 0.6 is 0 Å². The molecule has 0 fully saturated rings. The van der Waals surface area contributed by atoms with Gasteiger partial charge in [-0.05, 0) is 55.5 Å². The minimum Gasteiger partial charge on any atom is -0.382 e. The quantitative estimate of drug-likeness (QED) is 0.129. The molecule has 0 saturated carbocycles. The van der Waals surface area contributed by atoms with Crippen molar-refractivity contribution < 1.29 is 42.3 Å². The first kappa shape index (κ1) is 43.8. The van der Waals surface area contributed by atoms with E-state index in [1.54, 1.807) is 12.1 Å². The molecule has 2 unspecified atom stereocenters. The van der Waals surface area contributed by atoms with Crippen molar-refractivity contribution in [3.8, 4) is 11.1 Å². The first-order valence-electron chi connectivity index (χ1n) is 16.4. The molecule has 14 heteroatoms. The number of alkyl halides is 3. The summed E-state index contributed by atoms with van der Waals surface area (Å²) in [6.07, 6.45) is -6.50. The smallest absolute Gasteiger partial charge is 0.382 e. The molecule has 0 aliphatic rings. The van der Waals surface area contributed by atoms with Gasteiger partial charge in [-0.15, -0.1) is 0 Å². The van der Waals surface area contributed by atoms with Crippen LogP contribution in [0.15, 0.2) is 84.9 Å². The Balaban J connectivity index is 0.000000500. The largest absolute Gasteiger partial charge is 0.416 e. The third-order valence-electron chi connectivity index (χ3n) is 6.91. The molecule has 3 rings (SSSR count). The predicted molar refractivity (Wildman–Crippen MR) is 189 cm³/mol. The summed E-state index contributed by atoms with van der Waals surface area (Å²) in [5.41, 5.74) is 8.66. The molecule has 0 heterocycles. The average Bonchev–Trinajstić information content (AvgIpc) is 3.09. The van der Waals surface area contributed by atoms with E-state index in [4.69, 9.17) is 10.8 Å². The van der Waals surface area contributed by atoms with Crippen LogP contribution in [0.3, 0.4) is 0 Å². The highest BCUT2D eigenvalue weighted by Crippen LogP contribution is 2.24. The predicted octanol–water partition coefficient (Wildman–Crippen LogP) is 4.04. The van der Waals surface area contributed by atoms with E-state index >= 15 is 0 Å². The van der Waals surface area contributed by atoms with Crippen LogP contribution < -0.4 is 27.0 Å². The fourth-order valence-corrected chi connectivity index (χ4v) is 4.37. The van der Waals surface area contributed by atoms with Crippen molar-refractivity contribution in [3.05, 3.63) is 96.1 Å². The molecule has 3 aromatic carbocycles. The van der Waals surface area contributed by atoms with Crippen LogP contribution in [0, 0.1) is 0 Å². The van der Waals surface area contributed by atoms with Crippen LogP contribution in [0.25, 0.3) is 11.1 Å². The SMILES string of the molecule is CC(Cc1ccccc1)NC(=O)CNC(=O)c1ccc(-c2ccccc2)cc1.CCC.C[C@@H](NC=O)C(=O)N[C@@H](CCC(N)=O)C(O)C(F)(F)F. The maximum absolute atomic E-state index is 12.4. The first-order chi connectivity index (χ1) is 24.1. The Bertz CT molecular complexity index is 1490. The lowest BCUT2D eigenvalue weighted by molar-refractivity contribution is -0.212. The maximum Gasteiger partial charge on any atom is 0.416 e. The average molecular weight is 716 g/mol. The van der Waals surface area contributed by atoms with Crippen molar-refractivity contribution in [2.45, 2.75) is 83.8 Å². The van der Waals surface area contributed by atoms with Crippen molar-refractivity contribution in [1.29, 1.82) is 0 Å². The van der Waals surface area contributed by atoms with Gasteiger partial charge in [0.05, 0.1) is 12.6 Å². The van der Waals surface area contributed by atoms with Crippen LogP contribution in [0.4, 0.5) is 13.2 Å². The van der Waals surface area contributed by atoms with Crippen LogP contribution in [0.5, 0.6) is 0 Å². The summed E-state index contributed by atoms with van der Waals surface area (Å²) < 4.78 is 37.3. The molecule has 51 heavy (non-hydrogen) atoms. The Morgan fingerprint density at radius 1 is 0.843 bits per heavy atom.